The van der Waals surface area contributed by atoms with E-state index in [0.29, 0.717) is 23.3 Å². The largest absolute Gasteiger partial charge is 0.269 e. The second-order valence-electron chi connectivity index (χ2n) is 8.22. The van der Waals surface area contributed by atoms with E-state index in [1.54, 1.807) is 18.2 Å². The monoisotopic (exact) mass is 404 g/mol. The summed E-state index contributed by atoms with van der Waals surface area (Å²) in [6.45, 7) is 6.33. The quantitative estimate of drug-likeness (QED) is 0.472. The summed E-state index contributed by atoms with van der Waals surface area (Å²) < 4.78 is 28.6. The second-order valence-corrected chi connectivity index (χ2v) is 10.0. The van der Waals surface area contributed by atoms with E-state index in [-0.39, 0.29) is 10.3 Å². The van der Waals surface area contributed by atoms with Crippen molar-refractivity contribution in [1.82, 2.24) is 8.96 Å². The minimum absolute atomic E-state index is 0.0392. The van der Waals surface area contributed by atoms with Gasteiger partial charge in [0.25, 0.3) is 10.0 Å². The molecule has 5 heteroatoms. The van der Waals surface area contributed by atoms with Crippen molar-refractivity contribution < 1.29 is 8.42 Å². The molecule has 3 aromatic carbocycles. The zero-order chi connectivity index (χ0) is 20.6. The number of fused-ring (bicyclic) bond motifs is 1. The Labute approximate surface area is 171 Å². The number of hydrogen-bond donors (Lipinski definition) is 0. The van der Waals surface area contributed by atoms with Gasteiger partial charge in [-0.2, -0.15) is 0 Å². The molecule has 0 saturated carbocycles. The first-order valence-corrected chi connectivity index (χ1v) is 11.1. The highest BCUT2D eigenvalue weighted by atomic mass is 32.2. The smallest absolute Gasteiger partial charge is 0.232 e. The van der Waals surface area contributed by atoms with Gasteiger partial charge in [-0.3, -0.25) is 0 Å². The lowest BCUT2D eigenvalue weighted by Gasteiger charge is -2.19. The molecule has 0 unspecified atom stereocenters. The molecular formula is C24H24N2O2S. The maximum atomic E-state index is 13.6. The fraction of sp³-hybridized carbons (Fsp3) is 0.208. The zero-order valence-electron chi connectivity index (χ0n) is 16.8. The van der Waals surface area contributed by atoms with Gasteiger partial charge in [0.15, 0.2) is 0 Å². The first-order valence-electron chi connectivity index (χ1n) is 9.63. The lowest BCUT2D eigenvalue weighted by atomic mass is 9.87. The van der Waals surface area contributed by atoms with Crippen LogP contribution in [0.4, 0.5) is 0 Å². The van der Waals surface area contributed by atoms with Crippen molar-refractivity contribution >= 4 is 21.1 Å². The molecule has 4 nitrogen and oxygen atoms in total. The van der Waals surface area contributed by atoms with Crippen molar-refractivity contribution in [1.29, 1.82) is 0 Å². The maximum absolute atomic E-state index is 13.6. The molecule has 0 aliphatic heterocycles. The van der Waals surface area contributed by atoms with Crippen LogP contribution in [-0.2, 0) is 21.9 Å². The molecule has 0 bridgehead atoms. The van der Waals surface area contributed by atoms with Gasteiger partial charge in [-0.1, -0.05) is 75.4 Å². The van der Waals surface area contributed by atoms with E-state index < -0.39 is 10.0 Å². The van der Waals surface area contributed by atoms with Crippen molar-refractivity contribution in [2.45, 2.75) is 37.5 Å². The SMILES string of the molecule is CC(C)(C)c1ccc(S(=O)(=O)n2c(Cc3ccccc3)nc3ccccc32)cc1. The molecule has 29 heavy (non-hydrogen) atoms. The number of nitrogens with zero attached hydrogens (tertiary/aromatic N) is 2. The van der Waals surface area contributed by atoms with Gasteiger partial charge in [0.1, 0.15) is 5.82 Å². The Morgan fingerprint density at radius 1 is 0.828 bits per heavy atom. The van der Waals surface area contributed by atoms with Gasteiger partial charge in [0.2, 0.25) is 0 Å². The first-order chi connectivity index (χ1) is 13.8. The van der Waals surface area contributed by atoms with Crippen LogP contribution in [0.1, 0.15) is 37.7 Å². The number of imidazole rings is 1. The van der Waals surface area contributed by atoms with Crippen molar-refractivity contribution in [3.05, 3.63) is 95.8 Å². The summed E-state index contributed by atoms with van der Waals surface area (Å²) in [5.74, 6) is 0.511. The van der Waals surface area contributed by atoms with E-state index in [1.165, 1.54) is 3.97 Å². The van der Waals surface area contributed by atoms with Gasteiger partial charge in [-0.05, 0) is 40.8 Å². The average Bonchev–Trinajstić information content (AvgIpc) is 3.06. The number of benzene rings is 3. The fourth-order valence-corrected chi connectivity index (χ4v) is 4.93. The van der Waals surface area contributed by atoms with Crippen LogP contribution in [0.5, 0.6) is 0 Å². The molecule has 0 aliphatic rings. The highest BCUT2D eigenvalue weighted by Gasteiger charge is 2.25. The first kappa shape index (κ1) is 19.4. The molecule has 0 fully saturated rings. The number of rotatable bonds is 4. The Balaban J connectivity index is 1.86. The van der Waals surface area contributed by atoms with Crippen LogP contribution < -0.4 is 0 Å². The molecule has 0 atom stereocenters. The highest BCUT2D eigenvalue weighted by molar-refractivity contribution is 7.90. The van der Waals surface area contributed by atoms with Crippen molar-refractivity contribution in [3.8, 4) is 0 Å². The molecule has 0 spiro atoms. The summed E-state index contributed by atoms with van der Waals surface area (Å²) in [5, 5.41) is 0. The van der Waals surface area contributed by atoms with Gasteiger partial charge >= 0.3 is 0 Å². The van der Waals surface area contributed by atoms with Gasteiger partial charge in [-0.15, -0.1) is 0 Å². The topological polar surface area (TPSA) is 52.0 Å². The average molecular weight is 405 g/mol. The molecule has 0 N–H and O–H groups in total. The standard InChI is InChI=1S/C24H24N2O2S/c1-24(2,3)19-13-15-20(16-14-19)29(27,28)26-22-12-8-7-11-21(22)25-23(26)17-18-9-5-4-6-10-18/h4-16H,17H2,1-3H3. The number of para-hydroxylation sites is 2. The minimum atomic E-state index is -3.78. The van der Waals surface area contributed by atoms with E-state index in [9.17, 15) is 8.42 Å². The molecule has 4 rings (SSSR count). The van der Waals surface area contributed by atoms with Crippen LogP contribution in [-0.4, -0.2) is 17.4 Å². The normalized spacial score (nSPS) is 12.4. The Kier molecular flexibility index (Phi) is 4.79. The molecule has 1 aromatic heterocycles. The van der Waals surface area contributed by atoms with Crippen molar-refractivity contribution in [3.63, 3.8) is 0 Å². The molecule has 4 aromatic rings. The van der Waals surface area contributed by atoms with Gasteiger partial charge in [0, 0.05) is 6.42 Å². The third-order valence-corrected chi connectivity index (χ3v) is 6.80. The summed E-state index contributed by atoms with van der Waals surface area (Å²) in [4.78, 5) is 4.91. The highest BCUT2D eigenvalue weighted by Crippen LogP contribution is 2.27. The Bertz CT molecular complexity index is 1250. The third kappa shape index (κ3) is 3.70. The van der Waals surface area contributed by atoms with Crippen molar-refractivity contribution in [2.24, 2.45) is 0 Å². The fourth-order valence-electron chi connectivity index (χ4n) is 3.44. The summed E-state index contributed by atoms with van der Waals surface area (Å²) in [6, 6.07) is 24.3. The molecule has 0 saturated heterocycles. The lowest BCUT2D eigenvalue weighted by Crippen LogP contribution is -2.17. The van der Waals surface area contributed by atoms with Crippen LogP contribution in [0.25, 0.3) is 11.0 Å². The molecule has 1 heterocycles. The summed E-state index contributed by atoms with van der Waals surface area (Å²) in [5.41, 5.74) is 3.34. The molecule has 148 valence electrons. The van der Waals surface area contributed by atoms with Gasteiger partial charge in [-0.25, -0.2) is 17.4 Å². The van der Waals surface area contributed by atoms with Crippen LogP contribution >= 0.6 is 0 Å². The predicted octanol–water partition coefficient (Wildman–Crippen LogP) is 5.16. The maximum Gasteiger partial charge on any atom is 0.269 e. The Morgan fingerprint density at radius 2 is 1.45 bits per heavy atom. The van der Waals surface area contributed by atoms with E-state index in [4.69, 9.17) is 0 Å². The van der Waals surface area contributed by atoms with Gasteiger partial charge < -0.3 is 0 Å². The van der Waals surface area contributed by atoms with Crippen molar-refractivity contribution in [2.75, 3.05) is 0 Å². The summed E-state index contributed by atoms with van der Waals surface area (Å²) in [7, 11) is -3.78. The second kappa shape index (κ2) is 7.16. The minimum Gasteiger partial charge on any atom is -0.232 e. The zero-order valence-corrected chi connectivity index (χ0v) is 17.6. The van der Waals surface area contributed by atoms with Crippen LogP contribution in [0.3, 0.4) is 0 Å². The summed E-state index contributed by atoms with van der Waals surface area (Å²) >= 11 is 0. The predicted molar refractivity (Wildman–Crippen MR) is 117 cm³/mol. The third-order valence-electron chi connectivity index (χ3n) is 5.05. The van der Waals surface area contributed by atoms with Crippen LogP contribution in [0.2, 0.25) is 0 Å². The molecule has 0 aliphatic carbocycles. The van der Waals surface area contributed by atoms with Gasteiger partial charge in [0.05, 0.1) is 15.9 Å². The van der Waals surface area contributed by atoms with E-state index in [1.807, 2.05) is 60.7 Å². The Hall–Kier alpha value is -2.92. The van der Waals surface area contributed by atoms with E-state index >= 15 is 0 Å². The lowest BCUT2D eigenvalue weighted by molar-refractivity contribution is 0.582. The molecular weight excluding hydrogens is 380 g/mol. The Morgan fingerprint density at radius 3 is 2.10 bits per heavy atom. The summed E-state index contributed by atoms with van der Waals surface area (Å²) in [6.07, 6.45) is 0.439. The molecule has 0 radical (unpaired) electrons. The van der Waals surface area contributed by atoms with Crippen LogP contribution in [0, 0.1) is 0 Å². The molecule has 0 amide bonds. The van der Waals surface area contributed by atoms with Crippen LogP contribution in [0.15, 0.2) is 83.8 Å². The number of aromatic nitrogens is 2. The van der Waals surface area contributed by atoms with E-state index in [0.717, 1.165) is 11.1 Å². The number of hydrogen-bond acceptors (Lipinski definition) is 3. The van der Waals surface area contributed by atoms with E-state index in [2.05, 4.69) is 25.8 Å².